The minimum Gasteiger partial charge on any atom is -0.467 e. The zero-order valence-corrected chi connectivity index (χ0v) is 12.4. The number of unbranched alkanes of at least 4 members (excludes halogenated alkanes) is 2. The van der Waals surface area contributed by atoms with E-state index in [0.717, 1.165) is 0 Å². The summed E-state index contributed by atoms with van der Waals surface area (Å²) in [6.45, 7) is 3.80. The van der Waals surface area contributed by atoms with Crippen LogP contribution >= 0.6 is 0 Å². The smallest absolute Gasteiger partial charge is 0.328 e. The average Bonchev–Trinajstić information content (AvgIpc) is 2.40. The van der Waals surface area contributed by atoms with Gasteiger partial charge in [0.15, 0.2) is 0 Å². The van der Waals surface area contributed by atoms with Gasteiger partial charge in [0.25, 0.3) is 0 Å². The first-order chi connectivity index (χ1) is 9.42. The van der Waals surface area contributed by atoms with Crippen molar-refractivity contribution in [1.29, 1.82) is 5.26 Å². The number of nitrogens with zero attached hydrogens (tertiary/aromatic N) is 1. The van der Waals surface area contributed by atoms with E-state index < -0.39 is 24.0 Å². The molecule has 6 heteroatoms. The van der Waals surface area contributed by atoms with Gasteiger partial charge in [-0.3, -0.25) is 4.79 Å². The van der Waals surface area contributed by atoms with Crippen molar-refractivity contribution in [2.45, 2.75) is 58.1 Å². The van der Waals surface area contributed by atoms with E-state index in [1.165, 1.54) is 7.11 Å². The summed E-state index contributed by atoms with van der Waals surface area (Å²) in [5, 5.41) is 20.6. The van der Waals surface area contributed by atoms with Crippen molar-refractivity contribution in [2.24, 2.45) is 5.92 Å². The van der Waals surface area contributed by atoms with Crippen LogP contribution in [-0.4, -0.2) is 36.2 Å². The van der Waals surface area contributed by atoms with Gasteiger partial charge >= 0.3 is 5.97 Å². The van der Waals surface area contributed by atoms with E-state index in [2.05, 4.69) is 10.1 Å². The summed E-state index contributed by atoms with van der Waals surface area (Å²) in [5.41, 5.74) is 0. The number of carbonyl (C=O) groups is 2. The standard InChI is InChI=1S/C14H24N2O4/c1-10(2)9-12(17)13(18)16-11(14(19)20-3)7-5-4-6-8-15/h10-12,17H,4-7,9H2,1-3H3,(H,16,18)/t11-,12-/m1/s1. The molecule has 0 aromatic heterocycles. The number of carbonyl (C=O) groups excluding carboxylic acids is 2. The molecule has 0 aromatic rings. The summed E-state index contributed by atoms with van der Waals surface area (Å²) in [6, 6.07) is 1.25. The Bertz CT molecular complexity index is 350. The van der Waals surface area contributed by atoms with Gasteiger partial charge < -0.3 is 15.2 Å². The molecule has 0 aliphatic heterocycles. The first-order valence-electron chi connectivity index (χ1n) is 6.85. The third-order valence-electron chi connectivity index (χ3n) is 2.83. The summed E-state index contributed by atoms with van der Waals surface area (Å²) >= 11 is 0. The number of hydrogen-bond donors (Lipinski definition) is 2. The van der Waals surface area contributed by atoms with Crippen LogP contribution in [-0.2, 0) is 14.3 Å². The van der Waals surface area contributed by atoms with Crippen LogP contribution in [0.15, 0.2) is 0 Å². The van der Waals surface area contributed by atoms with Crippen molar-refractivity contribution in [2.75, 3.05) is 7.11 Å². The molecule has 20 heavy (non-hydrogen) atoms. The Hall–Kier alpha value is -1.61. The maximum atomic E-state index is 11.8. The van der Waals surface area contributed by atoms with E-state index in [0.29, 0.717) is 32.1 Å². The number of hydrogen-bond acceptors (Lipinski definition) is 5. The number of nitrogens with one attached hydrogen (secondary N) is 1. The van der Waals surface area contributed by atoms with Crippen LogP contribution in [0.2, 0.25) is 0 Å². The zero-order chi connectivity index (χ0) is 15.5. The molecule has 0 rings (SSSR count). The lowest BCUT2D eigenvalue weighted by molar-refractivity contribution is -0.146. The fourth-order valence-electron chi connectivity index (χ4n) is 1.77. The molecule has 0 saturated carbocycles. The number of aliphatic hydroxyl groups is 1. The van der Waals surface area contributed by atoms with Crippen LogP contribution in [0.1, 0.15) is 46.0 Å². The predicted octanol–water partition coefficient (Wildman–Crippen LogP) is 1.14. The molecule has 6 nitrogen and oxygen atoms in total. The molecule has 0 aliphatic rings. The van der Waals surface area contributed by atoms with Gasteiger partial charge in [-0.15, -0.1) is 0 Å². The van der Waals surface area contributed by atoms with Crippen LogP contribution < -0.4 is 5.32 Å². The van der Waals surface area contributed by atoms with Gasteiger partial charge in [0.2, 0.25) is 5.91 Å². The number of esters is 1. The quantitative estimate of drug-likeness (QED) is 0.488. The van der Waals surface area contributed by atoms with Gasteiger partial charge in [0.05, 0.1) is 13.2 Å². The van der Waals surface area contributed by atoms with Crippen molar-refractivity contribution in [3.63, 3.8) is 0 Å². The lowest BCUT2D eigenvalue weighted by Crippen LogP contribution is -2.46. The Morgan fingerprint density at radius 1 is 1.35 bits per heavy atom. The van der Waals surface area contributed by atoms with Crippen LogP contribution in [0.5, 0.6) is 0 Å². The Balaban J connectivity index is 4.38. The maximum absolute atomic E-state index is 11.8. The number of amides is 1. The second-order valence-electron chi connectivity index (χ2n) is 5.13. The van der Waals surface area contributed by atoms with E-state index in [1.807, 2.05) is 19.9 Å². The zero-order valence-electron chi connectivity index (χ0n) is 12.4. The average molecular weight is 284 g/mol. The molecule has 0 saturated heterocycles. The summed E-state index contributed by atoms with van der Waals surface area (Å²) in [4.78, 5) is 23.3. The van der Waals surface area contributed by atoms with Gasteiger partial charge in [-0.1, -0.05) is 13.8 Å². The minimum absolute atomic E-state index is 0.183. The van der Waals surface area contributed by atoms with Gasteiger partial charge in [-0.2, -0.15) is 5.26 Å². The van der Waals surface area contributed by atoms with Crippen molar-refractivity contribution >= 4 is 11.9 Å². The Kier molecular flexibility index (Phi) is 9.39. The molecule has 2 N–H and O–H groups in total. The molecule has 1 amide bonds. The van der Waals surface area contributed by atoms with Crippen molar-refractivity contribution < 1.29 is 19.4 Å². The highest BCUT2D eigenvalue weighted by molar-refractivity contribution is 5.86. The molecule has 0 aromatic carbocycles. The fourth-order valence-corrected chi connectivity index (χ4v) is 1.77. The first-order valence-corrected chi connectivity index (χ1v) is 6.85. The molecule has 0 fully saturated rings. The van der Waals surface area contributed by atoms with Gasteiger partial charge in [-0.05, 0) is 31.6 Å². The molecular weight excluding hydrogens is 260 g/mol. The summed E-state index contributed by atoms with van der Waals surface area (Å²) in [7, 11) is 1.25. The summed E-state index contributed by atoms with van der Waals surface area (Å²) in [5.74, 6) is -0.913. The number of nitriles is 1. The van der Waals surface area contributed by atoms with E-state index in [4.69, 9.17) is 5.26 Å². The Labute approximate surface area is 120 Å². The highest BCUT2D eigenvalue weighted by atomic mass is 16.5. The largest absolute Gasteiger partial charge is 0.467 e. The van der Waals surface area contributed by atoms with Crippen LogP contribution in [0.4, 0.5) is 0 Å². The molecule has 0 radical (unpaired) electrons. The highest BCUT2D eigenvalue weighted by Gasteiger charge is 2.24. The fraction of sp³-hybridized carbons (Fsp3) is 0.786. The molecule has 2 atom stereocenters. The second kappa shape index (κ2) is 10.2. The van der Waals surface area contributed by atoms with Gasteiger partial charge in [0.1, 0.15) is 12.1 Å². The lowest BCUT2D eigenvalue weighted by Gasteiger charge is -2.19. The van der Waals surface area contributed by atoms with Gasteiger partial charge in [-0.25, -0.2) is 4.79 Å². The third-order valence-corrected chi connectivity index (χ3v) is 2.83. The van der Waals surface area contributed by atoms with Crippen LogP contribution in [0.25, 0.3) is 0 Å². The Morgan fingerprint density at radius 3 is 2.50 bits per heavy atom. The van der Waals surface area contributed by atoms with Crippen molar-refractivity contribution in [1.82, 2.24) is 5.32 Å². The molecule has 0 aliphatic carbocycles. The number of aliphatic hydroxyl groups excluding tert-OH is 1. The monoisotopic (exact) mass is 284 g/mol. The third kappa shape index (κ3) is 7.74. The summed E-state index contributed by atoms with van der Waals surface area (Å²) < 4.78 is 4.63. The molecule has 0 heterocycles. The number of rotatable bonds is 9. The molecule has 114 valence electrons. The molecular formula is C14H24N2O4. The first kappa shape index (κ1) is 18.4. The van der Waals surface area contributed by atoms with Crippen molar-refractivity contribution in [3.8, 4) is 6.07 Å². The second-order valence-corrected chi connectivity index (χ2v) is 5.13. The maximum Gasteiger partial charge on any atom is 0.328 e. The minimum atomic E-state index is -1.12. The normalized spacial score (nSPS) is 13.4. The van der Waals surface area contributed by atoms with Crippen LogP contribution in [0, 0.1) is 17.2 Å². The highest BCUT2D eigenvalue weighted by Crippen LogP contribution is 2.08. The van der Waals surface area contributed by atoms with E-state index in [1.54, 1.807) is 0 Å². The SMILES string of the molecule is COC(=O)[C@@H](CCCCC#N)NC(=O)[C@H](O)CC(C)C. The van der Waals surface area contributed by atoms with Crippen molar-refractivity contribution in [3.05, 3.63) is 0 Å². The number of ether oxygens (including phenoxy) is 1. The molecule has 0 spiro atoms. The van der Waals surface area contributed by atoms with E-state index in [9.17, 15) is 14.7 Å². The van der Waals surface area contributed by atoms with Gasteiger partial charge in [0, 0.05) is 6.42 Å². The molecule has 0 bridgehead atoms. The lowest BCUT2D eigenvalue weighted by atomic mass is 10.0. The predicted molar refractivity (Wildman–Crippen MR) is 73.5 cm³/mol. The topological polar surface area (TPSA) is 99.4 Å². The summed E-state index contributed by atoms with van der Waals surface area (Å²) in [6.07, 6.45) is 1.32. The molecule has 0 unspecified atom stereocenters. The van der Waals surface area contributed by atoms with E-state index in [-0.39, 0.29) is 5.92 Å². The number of methoxy groups -OCH3 is 1. The van der Waals surface area contributed by atoms with E-state index >= 15 is 0 Å². The van der Waals surface area contributed by atoms with Crippen LogP contribution in [0.3, 0.4) is 0 Å². The Morgan fingerprint density at radius 2 is 2.00 bits per heavy atom.